The molecule has 3 N–H and O–H groups in total. The number of amides is 1. The van der Waals surface area contributed by atoms with Gasteiger partial charge in [0.25, 0.3) is 5.91 Å². The second-order valence-corrected chi connectivity index (χ2v) is 2.50. The van der Waals surface area contributed by atoms with E-state index in [1.54, 1.807) is 14.1 Å². The molecule has 1 aromatic rings. The van der Waals surface area contributed by atoms with E-state index >= 15 is 0 Å². The van der Waals surface area contributed by atoms with E-state index in [1.165, 1.54) is 11.3 Å². The van der Waals surface area contributed by atoms with Crippen LogP contribution in [0.5, 0.6) is 0 Å². The van der Waals surface area contributed by atoms with Gasteiger partial charge in [-0.1, -0.05) is 5.22 Å². The van der Waals surface area contributed by atoms with E-state index in [1.807, 2.05) is 0 Å². The monoisotopic (exact) mass is 206 g/mol. The molecule has 0 saturated heterocycles. The van der Waals surface area contributed by atoms with Crippen molar-refractivity contribution in [3.8, 4) is 0 Å². The Hall–Kier alpha value is -0.920. The summed E-state index contributed by atoms with van der Waals surface area (Å²) in [7, 11) is 3.42. The fourth-order valence-corrected chi connectivity index (χ4v) is 0.678. The second-order valence-electron chi connectivity index (χ2n) is 2.50. The number of nitrogens with two attached hydrogens (primary N) is 1. The van der Waals surface area contributed by atoms with Crippen molar-refractivity contribution in [2.24, 2.45) is 16.1 Å². The normalized spacial score (nSPS) is 9.86. The summed E-state index contributed by atoms with van der Waals surface area (Å²) in [5.41, 5.74) is 5.12. The number of rotatable bonds is 3. The van der Waals surface area contributed by atoms with Crippen LogP contribution in [0.25, 0.3) is 0 Å². The zero-order valence-corrected chi connectivity index (χ0v) is 7.35. The molecule has 0 aliphatic heterocycles. The molecule has 1 rings (SSSR count). The zero-order chi connectivity index (χ0) is 9.84. The van der Waals surface area contributed by atoms with Gasteiger partial charge in [-0.25, -0.2) is 4.98 Å². The van der Waals surface area contributed by atoms with Gasteiger partial charge in [0.2, 0.25) is 0 Å². The average molecular weight is 206 g/mol. The van der Waals surface area contributed by atoms with Crippen molar-refractivity contribution in [2.45, 2.75) is 0 Å². The average Bonchev–Trinajstić information content (AvgIpc) is 2.47. The molecule has 0 unspecified atom stereocenters. The van der Waals surface area contributed by atoms with E-state index < -0.39 is 5.91 Å². The predicted molar refractivity (Wildman–Crippen MR) is 52.5 cm³/mol. The molecule has 0 aliphatic rings. The van der Waals surface area contributed by atoms with E-state index in [-0.39, 0.29) is 41.1 Å². The Morgan fingerprint density at radius 2 is 2.29 bits per heavy atom. The number of aromatic amines is 1. The van der Waals surface area contributed by atoms with Gasteiger partial charge in [-0.2, -0.15) is 0 Å². The topological polar surface area (TPSA) is 99.7 Å². The molecular weight excluding hydrogens is 195 g/mol. The van der Waals surface area contributed by atoms with Gasteiger partial charge in [0.05, 0.1) is 6.33 Å². The Morgan fingerprint density at radius 3 is 2.79 bits per heavy atom. The molecule has 14 heavy (non-hydrogen) atoms. The van der Waals surface area contributed by atoms with Gasteiger partial charge in [-0.3, -0.25) is 9.80 Å². The summed E-state index contributed by atoms with van der Waals surface area (Å²) < 4.78 is 0. The van der Waals surface area contributed by atoms with Gasteiger partial charge in [0.1, 0.15) is 0 Å². The van der Waals surface area contributed by atoms with Crippen molar-refractivity contribution in [3.63, 3.8) is 0 Å². The fourth-order valence-electron chi connectivity index (χ4n) is 0.678. The summed E-state index contributed by atoms with van der Waals surface area (Å²) in [4.78, 5) is 17.1. The minimum atomic E-state index is -0.631. The third-order valence-electron chi connectivity index (χ3n) is 1.18. The molecule has 7 nitrogen and oxygen atoms in total. The van der Waals surface area contributed by atoms with E-state index in [0.29, 0.717) is 0 Å². The minimum absolute atomic E-state index is 0. The first-order valence-electron chi connectivity index (χ1n) is 3.53. The molecule has 0 bridgehead atoms. The third-order valence-corrected chi connectivity index (χ3v) is 1.18. The van der Waals surface area contributed by atoms with Crippen LogP contribution in [0.2, 0.25) is 0 Å². The zero-order valence-electron chi connectivity index (χ0n) is 7.35. The van der Waals surface area contributed by atoms with Crippen LogP contribution >= 0.6 is 0 Å². The van der Waals surface area contributed by atoms with E-state index in [9.17, 15) is 4.79 Å². The first kappa shape index (κ1) is 13.1. The quantitative estimate of drug-likeness (QED) is 0.393. The van der Waals surface area contributed by atoms with Gasteiger partial charge < -0.3 is 10.7 Å². The summed E-state index contributed by atoms with van der Waals surface area (Å²) in [6.45, 7) is 0. The summed E-state index contributed by atoms with van der Waals surface area (Å²) in [5.74, 6) is -0.366. The Kier molecular flexibility index (Phi) is 5.36. The Labute approximate surface area is 103 Å². The number of primary amides is 1. The number of hydrogen-bond donors (Lipinski definition) is 2. The van der Waals surface area contributed by atoms with Gasteiger partial charge in [0, 0.05) is 14.1 Å². The van der Waals surface area contributed by atoms with Crippen LogP contribution < -0.4 is 5.73 Å². The first-order chi connectivity index (χ1) is 6.11. The van der Waals surface area contributed by atoms with E-state index in [4.69, 9.17) is 5.73 Å². The molecule has 0 spiro atoms. The maximum atomic E-state index is 10.8. The molecule has 0 aromatic carbocycles. The van der Waals surface area contributed by atoms with Crippen molar-refractivity contribution in [1.82, 2.24) is 15.0 Å². The van der Waals surface area contributed by atoms with Crippen molar-refractivity contribution in [2.75, 3.05) is 14.1 Å². The van der Waals surface area contributed by atoms with E-state index in [2.05, 4.69) is 20.3 Å². The number of aromatic nitrogens is 2. The number of imidazole rings is 1. The Morgan fingerprint density at radius 1 is 1.64 bits per heavy atom. The molecule has 0 saturated carbocycles. The van der Waals surface area contributed by atoms with Gasteiger partial charge in [-0.15, -0.1) is 5.11 Å². The third kappa shape index (κ3) is 3.44. The van der Waals surface area contributed by atoms with Crippen molar-refractivity contribution in [1.29, 1.82) is 0 Å². The molecule has 0 atom stereocenters. The molecule has 8 heteroatoms. The molecule has 0 aliphatic carbocycles. The fraction of sp³-hybridized carbons (Fsp3) is 0.333. The molecular formula is C6H11N6NaO. The van der Waals surface area contributed by atoms with Crippen LogP contribution in [0.3, 0.4) is 0 Å². The number of hydrogen-bond acceptors (Lipinski definition) is 4. The molecule has 1 amide bonds. The second kappa shape index (κ2) is 5.74. The van der Waals surface area contributed by atoms with Crippen LogP contribution in [0.4, 0.5) is 5.82 Å². The van der Waals surface area contributed by atoms with Crippen molar-refractivity contribution < 1.29 is 4.79 Å². The van der Waals surface area contributed by atoms with Crippen LogP contribution in [0.15, 0.2) is 16.7 Å². The van der Waals surface area contributed by atoms with Crippen molar-refractivity contribution >= 4 is 41.3 Å². The number of H-pyrrole nitrogens is 1. The number of nitrogens with zero attached hydrogens (tertiary/aromatic N) is 4. The molecule has 1 heterocycles. The number of carbonyl (C=O) groups is 1. The summed E-state index contributed by atoms with van der Waals surface area (Å²) in [6, 6.07) is 0. The predicted octanol–water partition coefficient (Wildman–Crippen LogP) is -0.580. The van der Waals surface area contributed by atoms with Crippen LogP contribution in [-0.4, -0.2) is 64.5 Å². The Bertz CT molecular complexity index is 333. The SMILES string of the molecule is CN(C)N=Nc1[nH]cnc1C(N)=O.[NaH]. The standard InChI is InChI=1S/C6H10N6O.Na.H/c1-12(2)11-10-6-4(5(7)13)8-3-9-6;;/h3H,1-2H3,(H2,7,13)(H,8,9);;. The summed E-state index contributed by atoms with van der Waals surface area (Å²) in [6.07, 6.45) is 1.34. The molecule has 72 valence electrons. The van der Waals surface area contributed by atoms with Crippen molar-refractivity contribution in [3.05, 3.63) is 12.0 Å². The molecule has 0 radical (unpaired) electrons. The van der Waals surface area contributed by atoms with Crippen LogP contribution in [0, 0.1) is 0 Å². The summed E-state index contributed by atoms with van der Waals surface area (Å²) >= 11 is 0. The van der Waals surface area contributed by atoms with Gasteiger partial charge >= 0.3 is 29.6 Å². The van der Waals surface area contributed by atoms with Gasteiger partial charge in [-0.05, 0) is 0 Å². The molecule has 1 aromatic heterocycles. The van der Waals surface area contributed by atoms with Crippen LogP contribution in [0.1, 0.15) is 10.5 Å². The number of carbonyl (C=O) groups excluding carboxylic acids is 1. The van der Waals surface area contributed by atoms with Gasteiger partial charge in [0.15, 0.2) is 11.5 Å². The summed E-state index contributed by atoms with van der Waals surface area (Å²) in [5, 5.41) is 8.90. The van der Waals surface area contributed by atoms with Crippen LogP contribution in [-0.2, 0) is 0 Å². The Balaban J connectivity index is 0.00000169. The maximum absolute atomic E-state index is 10.8. The molecule has 0 fully saturated rings. The van der Waals surface area contributed by atoms with E-state index in [0.717, 1.165) is 0 Å². The number of nitrogens with one attached hydrogen (secondary N) is 1. The first-order valence-corrected chi connectivity index (χ1v) is 3.53.